The Labute approximate surface area is 122 Å². The average Bonchev–Trinajstić information content (AvgIpc) is 2.54. The van der Waals surface area contributed by atoms with Gasteiger partial charge in [-0.1, -0.05) is 48.5 Å². The molecule has 0 saturated carbocycles. The summed E-state index contributed by atoms with van der Waals surface area (Å²) in [5.41, 5.74) is 6.09. The number of carbonyl (C=O) groups excluding carboxylic acids is 2. The fraction of sp³-hybridized carbons (Fsp3) is 0.125. The molecule has 5 heteroatoms. The Morgan fingerprint density at radius 3 is 2.14 bits per heavy atom. The Morgan fingerprint density at radius 2 is 1.48 bits per heavy atom. The van der Waals surface area contributed by atoms with Crippen molar-refractivity contribution in [3.8, 4) is 0 Å². The maximum Gasteiger partial charge on any atom is 0.269 e. The Balaban J connectivity index is 1.67. The molecule has 108 valence electrons. The molecule has 0 aliphatic heterocycles. The molecule has 0 radical (unpaired) electrons. The first-order valence-corrected chi connectivity index (χ1v) is 6.51. The van der Waals surface area contributed by atoms with E-state index in [0.29, 0.717) is 12.2 Å². The van der Waals surface area contributed by atoms with E-state index in [0.717, 1.165) is 5.56 Å². The fourth-order valence-electron chi connectivity index (χ4n) is 1.66. The van der Waals surface area contributed by atoms with Gasteiger partial charge in [0.25, 0.3) is 11.8 Å². The van der Waals surface area contributed by atoms with Crippen molar-refractivity contribution in [1.82, 2.24) is 10.9 Å². The molecule has 0 aliphatic carbocycles. The first-order valence-electron chi connectivity index (χ1n) is 6.51. The van der Waals surface area contributed by atoms with Gasteiger partial charge in [-0.05, 0) is 17.7 Å². The largest absolute Gasteiger partial charge is 0.367 e. The first kappa shape index (κ1) is 14.7. The van der Waals surface area contributed by atoms with Crippen LogP contribution in [0.2, 0.25) is 0 Å². The fourth-order valence-corrected chi connectivity index (χ4v) is 1.66. The standard InChI is InChI=1S/C16H16N2O3/c19-15(12-21-11-13-7-3-1-4-8-13)17-18-16(20)14-9-5-2-6-10-14/h1-10H,11-12H2,(H,17,19)(H,18,20). The Bertz CT molecular complexity index is 585. The molecule has 0 fully saturated rings. The summed E-state index contributed by atoms with van der Waals surface area (Å²) < 4.78 is 5.26. The van der Waals surface area contributed by atoms with E-state index in [4.69, 9.17) is 4.74 Å². The van der Waals surface area contributed by atoms with E-state index in [2.05, 4.69) is 10.9 Å². The van der Waals surface area contributed by atoms with Gasteiger partial charge in [0.05, 0.1) is 6.61 Å². The molecule has 0 unspecified atom stereocenters. The Morgan fingerprint density at radius 1 is 0.857 bits per heavy atom. The van der Waals surface area contributed by atoms with Crippen LogP contribution in [-0.2, 0) is 16.1 Å². The summed E-state index contributed by atoms with van der Waals surface area (Å²) in [7, 11) is 0. The number of rotatable bonds is 5. The van der Waals surface area contributed by atoms with Crippen LogP contribution in [0.4, 0.5) is 0 Å². The molecule has 2 aromatic rings. The number of ether oxygens (including phenoxy) is 1. The van der Waals surface area contributed by atoms with E-state index in [1.165, 1.54) is 0 Å². The second-order valence-electron chi connectivity index (χ2n) is 4.35. The summed E-state index contributed by atoms with van der Waals surface area (Å²) in [5.74, 6) is -0.776. The number of hydrazine groups is 1. The number of hydrogen-bond acceptors (Lipinski definition) is 3. The minimum atomic E-state index is -0.407. The minimum absolute atomic E-state index is 0.121. The van der Waals surface area contributed by atoms with Crippen LogP contribution in [0, 0.1) is 0 Å². The van der Waals surface area contributed by atoms with E-state index in [1.54, 1.807) is 24.3 Å². The maximum absolute atomic E-state index is 11.7. The molecule has 0 aliphatic rings. The molecule has 5 nitrogen and oxygen atoms in total. The minimum Gasteiger partial charge on any atom is -0.367 e. The molecule has 0 spiro atoms. The highest BCUT2D eigenvalue weighted by Gasteiger charge is 2.06. The van der Waals surface area contributed by atoms with Crippen molar-refractivity contribution in [2.75, 3.05) is 6.61 Å². The monoisotopic (exact) mass is 284 g/mol. The van der Waals surface area contributed by atoms with E-state index < -0.39 is 5.91 Å². The third-order valence-electron chi connectivity index (χ3n) is 2.70. The SMILES string of the molecule is O=C(COCc1ccccc1)NNC(=O)c1ccccc1. The van der Waals surface area contributed by atoms with Gasteiger partial charge in [-0.2, -0.15) is 0 Å². The van der Waals surface area contributed by atoms with Crippen molar-refractivity contribution in [3.05, 3.63) is 71.8 Å². The van der Waals surface area contributed by atoms with Crippen LogP contribution in [0.25, 0.3) is 0 Å². The summed E-state index contributed by atoms with van der Waals surface area (Å²) in [4.78, 5) is 23.2. The molecular formula is C16H16N2O3. The molecule has 2 rings (SSSR count). The topological polar surface area (TPSA) is 67.4 Å². The number of carbonyl (C=O) groups is 2. The zero-order chi connectivity index (χ0) is 14.9. The van der Waals surface area contributed by atoms with Crippen LogP contribution >= 0.6 is 0 Å². The summed E-state index contributed by atoms with van der Waals surface area (Å²) in [6.45, 7) is 0.227. The van der Waals surface area contributed by atoms with Gasteiger partial charge in [-0.3, -0.25) is 20.4 Å². The summed E-state index contributed by atoms with van der Waals surface area (Å²) in [5, 5.41) is 0. The zero-order valence-corrected chi connectivity index (χ0v) is 11.4. The molecule has 0 bridgehead atoms. The van der Waals surface area contributed by atoms with E-state index >= 15 is 0 Å². The summed E-state index contributed by atoms with van der Waals surface area (Å²) >= 11 is 0. The number of benzene rings is 2. The highest BCUT2D eigenvalue weighted by molar-refractivity contribution is 5.95. The molecule has 0 saturated heterocycles. The van der Waals surface area contributed by atoms with Crippen LogP contribution < -0.4 is 10.9 Å². The van der Waals surface area contributed by atoms with Gasteiger partial charge in [-0.25, -0.2) is 0 Å². The van der Waals surface area contributed by atoms with Gasteiger partial charge < -0.3 is 4.74 Å². The van der Waals surface area contributed by atoms with Gasteiger partial charge in [0, 0.05) is 5.56 Å². The van der Waals surface area contributed by atoms with Crippen LogP contribution in [0.15, 0.2) is 60.7 Å². The van der Waals surface area contributed by atoms with Gasteiger partial charge in [0.15, 0.2) is 0 Å². The van der Waals surface area contributed by atoms with Crippen molar-refractivity contribution in [1.29, 1.82) is 0 Å². The highest BCUT2D eigenvalue weighted by atomic mass is 16.5. The average molecular weight is 284 g/mol. The third-order valence-corrected chi connectivity index (χ3v) is 2.70. The predicted molar refractivity (Wildman–Crippen MR) is 78.1 cm³/mol. The zero-order valence-electron chi connectivity index (χ0n) is 11.4. The lowest BCUT2D eigenvalue weighted by Crippen LogP contribution is -2.43. The molecule has 0 atom stereocenters. The van der Waals surface area contributed by atoms with E-state index in [9.17, 15) is 9.59 Å². The Kier molecular flexibility index (Phi) is 5.49. The normalized spacial score (nSPS) is 9.90. The second kappa shape index (κ2) is 7.81. The van der Waals surface area contributed by atoms with E-state index in [-0.39, 0.29) is 12.5 Å². The van der Waals surface area contributed by atoms with Gasteiger partial charge in [0.1, 0.15) is 6.61 Å². The van der Waals surface area contributed by atoms with Gasteiger partial charge in [-0.15, -0.1) is 0 Å². The van der Waals surface area contributed by atoms with Crippen molar-refractivity contribution >= 4 is 11.8 Å². The van der Waals surface area contributed by atoms with Crippen molar-refractivity contribution < 1.29 is 14.3 Å². The number of amides is 2. The Hall–Kier alpha value is -2.66. The van der Waals surface area contributed by atoms with Crippen LogP contribution in [-0.4, -0.2) is 18.4 Å². The molecular weight excluding hydrogens is 268 g/mol. The third kappa shape index (κ3) is 5.08. The first-order chi connectivity index (χ1) is 10.3. The molecule has 2 N–H and O–H groups in total. The smallest absolute Gasteiger partial charge is 0.269 e. The highest BCUT2D eigenvalue weighted by Crippen LogP contribution is 2.00. The van der Waals surface area contributed by atoms with Crippen molar-refractivity contribution in [2.24, 2.45) is 0 Å². The van der Waals surface area contributed by atoms with Crippen LogP contribution in [0.1, 0.15) is 15.9 Å². The molecule has 2 amide bonds. The maximum atomic E-state index is 11.7. The number of hydrogen-bond donors (Lipinski definition) is 2. The lowest BCUT2D eigenvalue weighted by atomic mass is 10.2. The summed E-state index contributed by atoms with van der Waals surface area (Å²) in [6, 6.07) is 18.2. The van der Waals surface area contributed by atoms with Crippen LogP contribution in [0.5, 0.6) is 0 Å². The lowest BCUT2D eigenvalue weighted by molar-refractivity contribution is -0.126. The molecule has 2 aromatic carbocycles. The van der Waals surface area contributed by atoms with Crippen molar-refractivity contribution in [2.45, 2.75) is 6.61 Å². The second-order valence-corrected chi connectivity index (χ2v) is 4.35. The van der Waals surface area contributed by atoms with Crippen molar-refractivity contribution in [3.63, 3.8) is 0 Å². The molecule has 0 aromatic heterocycles. The van der Waals surface area contributed by atoms with Gasteiger partial charge >= 0.3 is 0 Å². The van der Waals surface area contributed by atoms with E-state index in [1.807, 2.05) is 36.4 Å². The summed E-state index contributed by atoms with van der Waals surface area (Å²) in [6.07, 6.45) is 0. The quantitative estimate of drug-likeness (QED) is 0.821. The van der Waals surface area contributed by atoms with Gasteiger partial charge in [0.2, 0.25) is 0 Å². The molecule has 21 heavy (non-hydrogen) atoms. The number of nitrogens with one attached hydrogen (secondary N) is 2. The lowest BCUT2D eigenvalue weighted by Gasteiger charge is -2.08. The van der Waals surface area contributed by atoms with Crippen LogP contribution in [0.3, 0.4) is 0 Å². The predicted octanol–water partition coefficient (Wildman–Crippen LogP) is 1.66. The molecule has 0 heterocycles.